The first-order valence-electron chi connectivity index (χ1n) is 10.9. The number of amides is 1. The maximum Gasteiger partial charge on any atom is 0.416 e. The molecule has 4 rings (SSSR count). The van der Waals surface area contributed by atoms with Crippen molar-refractivity contribution < 1.29 is 37.0 Å². The van der Waals surface area contributed by atoms with Gasteiger partial charge in [-0.1, -0.05) is 36.4 Å². The summed E-state index contributed by atoms with van der Waals surface area (Å²) >= 11 is 0. The Bertz CT molecular complexity index is 1340. The van der Waals surface area contributed by atoms with Gasteiger partial charge in [0.25, 0.3) is 5.91 Å². The number of rotatable bonds is 7. The number of nitrogens with one attached hydrogen (secondary N) is 1. The molecule has 1 aliphatic carbocycles. The molecular weight excluding hydrogens is 475 g/mol. The standard InChI is InChI=1S/C27H20F3NO5/c1-2-35-23-13-16(12-21-25(33)19-8-3-4-9-20(19)26(21)34)10-11-22(23)36-15-24(32)31-18-7-5-6-17(14-18)27(28,29)30/h3-14H,2,15H2,1H3,(H,31,32). The van der Waals surface area contributed by atoms with Crippen LogP contribution in [0.2, 0.25) is 0 Å². The van der Waals surface area contributed by atoms with Gasteiger partial charge in [-0.3, -0.25) is 14.4 Å². The summed E-state index contributed by atoms with van der Waals surface area (Å²) < 4.78 is 49.7. The number of carbonyl (C=O) groups is 3. The van der Waals surface area contributed by atoms with E-state index in [1.165, 1.54) is 24.3 Å². The summed E-state index contributed by atoms with van der Waals surface area (Å²) in [6.07, 6.45) is -3.06. The maximum atomic E-state index is 12.9. The fraction of sp³-hybridized carbons (Fsp3) is 0.148. The van der Waals surface area contributed by atoms with E-state index in [1.807, 2.05) is 0 Å². The zero-order valence-corrected chi connectivity index (χ0v) is 19.0. The van der Waals surface area contributed by atoms with Crippen LogP contribution in [0.4, 0.5) is 18.9 Å². The quantitative estimate of drug-likeness (QED) is 0.342. The van der Waals surface area contributed by atoms with E-state index in [4.69, 9.17) is 9.47 Å². The van der Waals surface area contributed by atoms with Crippen LogP contribution in [0.25, 0.3) is 6.08 Å². The van der Waals surface area contributed by atoms with E-state index in [2.05, 4.69) is 5.32 Å². The first-order valence-corrected chi connectivity index (χ1v) is 10.9. The van der Waals surface area contributed by atoms with Crippen LogP contribution >= 0.6 is 0 Å². The molecule has 1 N–H and O–H groups in total. The van der Waals surface area contributed by atoms with Gasteiger partial charge in [-0.05, 0) is 48.9 Å². The van der Waals surface area contributed by atoms with Crippen molar-refractivity contribution in [2.75, 3.05) is 18.5 Å². The molecule has 36 heavy (non-hydrogen) atoms. The van der Waals surface area contributed by atoms with Gasteiger partial charge < -0.3 is 14.8 Å². The van der Waals surface area contributed by atoms with Crippen LogP contribution in [0.3, 0.4) is 0 Å². The van der Waals surface area contributed by atoms with Gasteiger partial charge >= 0.3 is 6.18 Å². The topological polar surface area (TPSA) is 81.7 Å². The minimum atomic E-state index is -4.53. The molecule has 6 nitrogen and oxygen atoms in total. The molecule has 0 radical (unpaired) electrons. The Hall–Kier alpha value is -4.40. The summed E-state index contributed by atoms with van der Waals surface area (Å²) in [5.41, 5.74) is 0.358. The lowest BCUT2D eigenvalue weighted by Gasteiger charge is -2.13. The molecule has 0 saturated heterocycles. The molecule has 0 spiro atoms. The summed E-state index contributed by atoms with van der Waals surface area (Å²) in [5, 5.41) is 2.36. The number of alkyl halides is 3. The molecule has 9 heteroatoms. The smallest absolute Gasteiger partial charge is 0.416 e. The highest BCUT2D eigenvalue weighted by Crippen LogP contribution is 2.33. The number of fused-ring (bicyclic) bond motifs is 1. The second-order valence-corrected chi connectivity index (χ2v) is 7.82. The number of anilines is 1. The predicted molar refractivity (Wildman–Crippen MR) is 126 cm³/mol. The zero-order valence-electron chi connectivity index (χ0n) is 19.0. The molecule has 3 aromatic rings. The van der Waals surface area contributed by atoms with Gasteiger partial charge in [-0.15, -0.1) is 0 Å². The van der Waals surface area contributed by atoms with Crippen molar-refractivity contribution in [3.63, 3.8) is 0 Å². The van der Waals surface area contributed by atoms with Crippen LogP contribution in [-0.2, 0) is 11.0 Å². The van der Waals surface area contributed by atoms with Crippen molar-refractivity contribution in [3.05, 3.63) is 94.6 Å². The number of hydrogen-bond donors (Lipinski definition) is 1. The van der Waals surface area contributed by atoms with E-state index in [1.54, 1.807) is 43.3 Å². The molecule has 0 unspecified atom stereocenters. The second-order valence-electron chi connectivity index (χ2n) is 7.82. The second kappa shape index (κ2) is 10.1. The number of carbonyl (C=O) groups excluding carboxylic acids is 3. The third-order valence-electron chi connectivity index (χ3n) is 5.32. The number of hydrogen-bond acceptors (Lipinski definition) is 5. The molecule has 1 aliphatic rings. The van der Waals surface area contributed by atoms with Crippen LogP contribution in [0, 0.1) is 0 Å². The van der Waals surface area contributed by atoms with Crippen LogP contribution in [0.5, 0.6) is 11.5 Å². The normalized spacial score (nSPS) is 12.8. The SMILES string of the molecule is CCOc1cc(C=C2C(=O)c3ccccc3C2=O)ccc1OCC(=O)Nc1cccc(C(F)(F)F)c1. The monoisotopic (exact) mass is 495 g/mol. The Morgan fingerprint density at radius 3 is 2.22 bits per heavy atom. The van der Waals surface area contributed by atoms with Crippen LogP contribution in [0.1, 0.15) is 38.8 Å². The van der Waals surface area contributed by atoms with Gasteiger partial charge in [-0.25, -0.2) is 0 Å². The van der Waals surface area contributed by atoms with E-state index in [0.29, 0.717) is 16.7 Å². The summed E-state index contributed by atoms with van der Waals surface area (Å²) in [5.74, 6) is -0.900. The highest BCUT2D eigenvalue weighted by atomic mass is 19.4. The number of halogens is 3. The van der Waals surface area contributed by atoms with E-state index >= 15 is 0 Å². The van der Waals surface area contributed by atoms with Crippen molar-refractivity contribution in [1.29, 1.82) is 0 Å². The largest absolute Gasteiger partial charge is 0.490 e. The van der Waals surface area contributed by atoms with Crippen molar-refractivity contribution >= 4 is 29.2 Å². The fourth-order valence-electron chi connectivity index (χ4n) is 3.69. The number of Topliss-reactive ketones (excluding diaryl/α,β-unsaturated/α-hetero) is 2. The van der Waals surface area contributed by atoms with Crippen molar-refractivity contribution in [2.45, 2.75) is 13.1 Å². The molecule has 0 bridgehead atoms. The van der Waals surface area contributed by atoms with E-state index in [9.17, 15) is 27.6 Å². The van der Waals surface area contributed by atoms with Gasteiger partial charge in [-0.2, -0.15) is 13.2 Å². The minimum Gasteiger partial charge on any atom is -0.490 e. The Morgan fingerprint density at radius 2 is 1.58 bits per heavy atom. The third-order valence-corrected chi connectivity index (χ3v) is 5.32. The first-order chi connectivity index (χ1) is 17.2. The van der Waals surface area contributed by atoms with Gasteiger partial charge in [0.1, 0.15) is 0 Å². The summed E-state index contributed by atoms with van der Waals surface area (Å²) in [6, 6.07) is 15.5. The zero-order chi connectivity index (χ0) is 25.9. The highest BCUT2D eigenvalue weighted by Gasteiger charge is 2.32. The number of allylic oxidation sites excluding steroid dienone is 1. The van der Waals surface area contributed by atoms with Gasteiger partial charge in [0, 0.05) is 16.8 Å². The molecule has 0 aromatic heterocycles. The summed E-state index contributed by atoms with van der Waals surface area (Å²) in [7, 11) is 0. The molecule has 0 aliphatic heterocycles. The number of ketones is 2. The van der Waals surface area contributed by atoms with E-state index in [0.717, 1.165) is 12.1 Å². The molecule has 184 valence electrons. The van der Waals surface area contributed by atoms with Gasteiger partial charge in [0.2, 0.25) is 0 Å². The summed E-state index contributed by atoms with van der Waals surface area (Å²) in [4.78, 5) is 37.5. The Balaban J connectivity index is 1.48. The lowest BCUT2D eigenvalue weighted by Crippen LogP contribution is -2.20. The predicted octanol–water partition coefficient (Wildman–Crippen LogP) is 5.58. The van der Waals surface area contributed by atoms with Crippen LogP contribution < -0.4 is 14.8 Å². The third kappa shape index (κ3) is 5.30. The molecular formula is C27H20F3NO5. The molecule has 0 heterocycles. The van der Waals surface area contributed by atoms with Crippen molar-refractivity contribution in [1.82, 2.24) is 0 Å². The van der Waals surface area contributed by atoms with Crippen molar-refractivity contribution in [3.8, 4) is 11.5 Å². The van der Waals surface area contributed by atoms with Crippen molar-refractivity contribution in [2.24, 2.45) is 0 Å². The van der Waals surface area contributed by atoms with E-state index < -0.39 is 24.3 Å². The Kier molecular flexibility index (Phi) is 6.91. The lowest BCUT2D eigenvalue weighted by molar-refractivity contribution is -0.137. The molecule has 0 atom stereocenters. The van der Waals surface area contributed by atoms with E-state index in [-0.39, 0.29) is 40.9 Å². The Labute approximate surface area is 204 Å². The minimum absolute atomic E-state index is 0.0164. The maximum absolute atomic E-state index is 12.9. The lowest BCUT2D eigenvalue weighted by atomic mass is 10.1. The first kappa shape index (κ1) is 24.7. The van der Waals surface area contributed by atoms with Gasteiger partial charge in [0.05, 0.1) is 17.7 Å². The van der Waals surface area contributed by atoms with Crippen LogP contribution in [-0.4, -0.2) is 30.7 Å². The fourth-order valence-corrected chi connectivity index (χ4v) is 3.69. The number of ether oxygens (including phenoxy) is 2. The molecule has 1 amide bonds. The average molecular weight is 495 g/mol. The highest BCUT2D eigenvalue weighted by molar-refractivity contribution is 6.41. The Morgan fingerprint density at radius 1 is 0.889 bits per heavy atom. The van der Waals surface area contributed by atoms with Crippen LogP contribution in [0.15, 0.2) is 72.3 Å². The summed E-state index contributed by atoms with van der Waals surface area (Å²) in [6.45, 7) is 1.54. The number of benzene rings is 3. The molecule has 0 saturated carbocycles. The molecule has 3 aromatic carbocycles. The average Bonchev–Trinajstić information content (AvgIpc) is 3.08. The van der Waals surface area contributed by atoms with Gasteiger partial charge in [0.15, 0.2) is 29.7 Å². The molecule has 0 fully saturated rings.